The predicted octanol–water partition coefficient (Wildman–Crippen LogP) is 4.39. The van der Waals surface area contributed by atoms with E-state index in [-0.39, 0.29) is 0 Å². The number of fused-ring (bicyclic) bond motifs is 5. The zero-order chi connectivity index (χ0) is 9.60. The maximum Gasteiger partial charge on any atom is -0.0264 e. The zero-order valence-corrected chi connectivity index (χ0v) is 9.60. The normalized spacial score (nSPS) is 49.9. The van der Waals surface area contributed by atoms with Crippen LogP contribution in [0, 0.1) is 23.2 Å². The molecular weight excluding hydrogens is 168 g/mol. The Morgan fingerprint density at radius 1 is 1.21 bits per heavy atom. The molecule has 3 rings (SSSR count). The van der Waals surface area contributed by atoms with Gasteiger partial charge in [0, 0.05) is 0 Å². The summed E-state index contributed by atoms with van der Waals surface area (Å²) in [5.41, 5.74) is 0.863. The standard InChI is InChI=1S/C14H24/c1-2-3-8-14-9-7-11(10-14)12-5-4-6-13(12)14/h11-13H,2-10H2,1H3. The number of unbranched alkanes of at least 4 members (excludes halogenated alkanes) is 1. The van der Waals surface area contributed by atoms with Gasteiger partial charge in [0.15, 0.2) is 0 Å². The minimum atomic E-state index is 0.863. The molecule has 0 aromatic heterocycles. The van der Waals surface area contributed by atoms with Crippen LogP contribution >= 0.6 is 0 Å². The van der Waals surface area contributed by atoms with Gasteiger partial charge in [0.1, 0.15) is 0 Å². The van der Waals surface area contributed by atoms with Gasteiger partial charge in [-0.25, -0.2) is 0 Å². The van der Waals surface area contributed by atoms with Crippen molar-refractivity contribution in [1.82, 2.24) is 0 Å². The molecule has 14 heavy (non-hydrogen) atoms. The van der Waals surface area contributed by atoms with Gasteiger partial charge < -0.3 is 0 Å². The van der Waals surface area contributed by atoms with Crippen molar-refractivity contribution in [3.05, 3.63) is 0 Å². The van der Waals surface area contributed by atoms with Crippen LogP contribution in [0.5, 0.6) is 0 Å². The smallest absolute Gasteiger partial charge is 0.0264 e. The van der Waals surface area contributed by atoms with Crippen molar-refractivity contribution in [2.24, 2.45) is 23.2 Å². The second-order valence-electron chi connectivity index (χ2n) is 6.17. The molecule has 0 heterocycles. The lowest BCUT2D eigenvalue weighted by molar-refractivity contribution is 0.137. The molecule has 0 saturated heterocycles. The van der Waals surface area contributed by atoms with Crippen LogP contribution in [-0.4, -0.2) is 0 Å². The van der Waals surface area contributed by atoms with E-state index in [2.05, 4.69) is 6.92 Å². The first-order valence-corrected chi connectivity index (χ1v) is 6.86. The Kier molecular flexibility index (Phi) is 2.15. The van der Waals surface area contributed by atoms with E-state index in [4.69, 9.17) is 0 Å². The lowest BCUT2D eigenvalue weighted by atomic mass is 9.69. The molecule has 0 aromatic rings. The van der Waals surface area contributed by atoms with E-state index in [1.807, 2.05) is 0 Å². The van der Waals surface area contributed by atoms with Gasteiger partial charge in [0.25, 0.3) is 0 Å². The average Bonchev–Trinajstić information content (AvgIpc) is 2.86. The van der Waals surface area contributed by atoms with E-state index in [1.165, 1.54) is 30.6 Å². The fourth-order valence-electron chi connectivity index (χ4n) is 5.16. The van der Waals surface area contributed by atoms with Crippen molar-refractivity contribution in [2.75, 3.05) is 0 Å². The van der Waals surface area contributed by atoms with Crippen molar-refractivity contribution in [1.29, 1.82) is 0 Å². The summed E-state index contributed by atoms with van der Waals surface area (Å²) in [6, 6.07) is 0. The van der Waals surface area contributed by atoms with Crippen molar-refractivity contribution >= 4 is 0 Å². The second kappa shape index (κ2) is 3.25. The highest BCUT2D eigenvalue weighted by atomic mass is 14.6. The van der Waals surface area contributed by atoms with Crippen LogP contribution in [0.2, 0.25) is 0 Å². The van der Waals surface area contributed by atoms with Gasteiger partial charge in [-0.15, -0.1) is 0 Å². The third kappa shape index (κ3) is 1.12. The van der Waals surface area contributed by atoms with Crippen molar-refractivity contribution in [2.45, 2.75) is 64.7 Å². The molecule has 3 fully saturated rings. The largest absolute Gasteiger partial charge is 0.0654 e. The Morgan fingerprint density at radius 3 is 3.00 bits per heavy atom. The van der Waals surface area contributed by atoms with Crippen LogP contribution in [0.15, 0.2) is 0 Å². The van der Waals surface area contributed by atoms with Gasteiger partial charge in [-0.1, -0.05) is 26.2 Å². The quantitative estimate of drug-likeness (QED) is 0.622. The molecule has 3 aliphatic rings. The topological polar surface area (TPSA) is 0 Å². The predicted molar refractivity (Wildman–Crippen MR) is 60.1 cm³/mol. The summed E-state index contributed by atoms with van der Waals surface area (Å²) in [7, 11) is 0. The Bertz CT molecular complexity index is 220. The maximum absolute atomic E-state index is 2.35. The van der Waals surface area contributed by atoms with Crippen LogP contribution in [0.1, 0.15) is 64.7 Å². The Labute approximate surface area is 88.5 Å². The molecule has 4 atom stereocenters. The molecule has 0 heteroatoms. The van der Waals surface area contributed by atoms with Gasteiger partial charge in [0.2, 0.25) is 0 Å². The first-order chi connectivity index (χ1) is 6.86. The van der Waals surface area contributed by atoms with E-state index in [1.54, 1.807) is 44.9 Å². The fourth-order valence-corrected chi connectivity index (χ4v) is 5.16. The van der Waals surface area contributed by atoms with E-state index >= 15 is 0 Å². The average molecular weight is 192 g/mol. The number of rotatable bonds is 3. The molecule has 3 saturated carbocycles. The van der Waals surface area contributed by atoms with Crippen LogP contribution in [0.3, 0.4) is 0 Å². The molecule has 2 bridgehead atoms. The summed E-state index contributed by atoms with van der Waals surface area (Å²) >= 11 is 0. The molecule has 0 aliphatic heterocycles. The molecule has 0 radical (unpaired) electrons. The van der Waals surface area contributed by atoms with Gasteiger partial charge in [0.05, 0.1) is 0 Å². The molecule has 4 unspecified atom stereocenters. The van der Waals surface area contributed by atoms with Gasteiger partial charge in [-0.3, -0.25) is 0 Å². The van der Waals surface area contributed by atoms with E-state index in [0.29, 0.717) is 0 Å². The van der Waals surface area contributed by atoms with Crippen LogP contribution in [-0.2, 0) is 0 Å². The van der Waals surface area contributed by atoms with E-state index in [0.717, 1.165) is 5.41 Å². The lowest BCUT2D eigenvalue weighted by Crippen LogP contribution is -2.27. The number of hydrogen-bond acceptors (Lipinski definition) is 0. The van der Waals surface area contributed by atoms with Gasteiger partial charge in [-0.2, -0.15) is 0 Å². The molecular formula is C14H24. The summed E-state index contributed by atoms with van der Waals surface area (Å²) in [4.78, 5) is 0. The minimum absolute atomic E-state index is 0.863. The summed E-state index contributed by atoms with van der Waals surface area (Å²) in [6.07, 6.45) is 14.0. The van der Waals surface area contributed by atoms with Crippen LogP contribution < -0.4 is 0 Å². The number of hydrogen-bond donors (Lipinski definition) is 0. The first kappa shape index (κ1) is 9.24. The third-order valence-electron chi connectivity index (χ3n) is 5.67. The van der Waals surface area contributed by atoms with Crippen molar-refractivity contribution in [3.63, 3.8) is 0 Å². The summed E-state index contributed by atoms with van der Waals surface area (Å²) < 4.78 is 0. The highest BCUT2D eigenvalue weighted by Crippen LogP contribution is 2.67. The Hall–Kier alpha value is 0. The molecule has 80 valence electrons. The Balaban J connectivity index is 1.78. The van der Waals surface area contributed by atoms with Crippen molar-refractivity contribution in [3.8, 4) is 0 Å². The fraction of sp³-hybridized carbons (Fsp3) is 1.00. The maximum atomic E-state index is 2.35. The van der Waals surface area contributed by atoms with Crippen LogP contribution in [0.4, 0.5) is 0 Å². The molecule has 0 aromatic carbocycles. The third-order valence-corrected chi connectivity index (χ3v) is 5.67. The molecule has 0 nitrogen and oxygen atoms in total. The second-order valence-corrected chi connectivity index (χ2v) is 6.17. The zero-order valence-electron chi connectivity index (χ0n) is 9.60. The van der Waals surface area contributed by atoms with E-state index in [9.17, 15) is 0 Å². The van der Waals surface area contributed by atoms with Gasteiger partial charge >= 0.3 is 0 Å². The molecule has 0 spiro atoms. The molecule has 0 N–H and O–H groups in total. The summed E-state index contributed by atoms with van der Waals surface area (Å²) in [5, 5.41) is 0. The SMILES string of the molecule is CCCCC12CCC(C1)C1CCCC12. The highest BCUT2D eigenvalue weighted by molar-refractivity contribution is 5.07. The lowest BCUT2D eigenvalue weighted by Gasteiger charge is -2.36. The van der Waals surface area contributed by atoms with Crippen LogP contribution in [0.25, 0.3) is 0 Å². The monoisotopic (exact) mass is 192 g/mol. The van der Waals surface area contributed by atoms with Gasteiger partial charge in [-0.05, 0) is 61.7 Å². The molecule has 3 aliphatic carbocycles. The summed E-state index contributed by atoms with van der Waals surface area (Å²) in [5.74, 6) is 3.52. The molecule has 0 amide bonds. The van der Waals surface area contributed by atoms with E-state index < -0.39 is 0 Å². The summed E-state index contributed by atoms with van der Waals surface area (Å²) in [6.45, 7) is 2.35. The highest BCUT2D eigenvalue weighted by Gasteiger charge is 2.57. The first-order valence-electron chi connectivity index (χ1n) is 6.86. The minimum Gasteiger partial charge on any atom is -0.0654 e. The Morgan fingerprint density at radius 2 is 2.14 bits per heavy atom. The van der Waals surface area contributed by atoms with Crippen molar-refractivity contribution < 1.29 is 0 Å².